The van der Waals surface area contributed by atoms with Gasteiger partial charge in [0.25, 0.3) is 0 Å². The molecule has 0 heterocycles. The molecule has 0 spiro atoms. The molecule has 0 aliphatic heterocycles. The van der Waals surface area contributed by atoms with Crippen molar-refractivity contribution >= 4 is 16.9 Å². The number of rotatable bonds is 4. The van der Waals surface area contributed by atoms with Crippen LogP contribution in [0.25, 0.3) is 0 Å². The van der Waals surface area contributed by atoms with E-state index in [-0.39, 0.29) is 17.8 Å². The lowest BCUT2D eigenvalue weighted by Gasteiger charge is -2.35. The summed E-state index contributed by atoms with van der Waals surface area (Å²) < 4.78 is 0. The maximum absolute atomic E-state index is 9.67. The molecule has 1 saturated carbocycles. The molecule has 0 radical (unpaired) electrons. The summed E-state index contributed by atoms with van der Waals surface area (Å²) in [6.45, 7) is 2.69. The van der Waals surface area contributed by atoms with Crippen LogP contribution in [-0.4, -0.2) is 51.1 Å². The molecular weight excluding hydrogens is 240 g/mol. The first-order chi connectivity index (χ1) is 8.08. The van der Waals surface area contributed by atoms with Crippen LogP contribution in [0.5, 0.6) is 0 Å². The standard InChI is InChI=1S/C11H22N2O3S/c1-2-3-13-11(12)17-8-4-7(6-14)10(16)9(15)5-8/h7-10,14-16H,2-6H2,1H3,(H2,12,13)/t7-,8+,9-,10?/m1/s1. The van der Waals surface area contributed by atoms with Crippen LogP contribution in [0.4, 0.5) is 0 Å². The SMILES string of the molecule is CCCNC(=N)S[C@H]1C[C@H](CO)C(O)[C@H](O)C1. The molecule has 0 aromatic heterocycles. The van der Waals surface area contributed by atoms with Gasteiger partial charge >= 0.3 is 0 Å². The minimum atomic E-state index is -0.838. The number of amidine groups is 1. The van der Waals surface area contributed by atoms with E-state index >= 15 is 0 Å². The number of hydrogen-bond donors (Lipinski definition) is 5. The lowest BCUT2D eigenvalue weighted by atomic mass is 9.85. The van der Waals surface area contributed by atoms with Gasteiger partial charge < -0.3 is 20.6 Å². The lowest BCUT2D eigenvalue weighted by Crippen LogP contribution is -2.44. The molecule has 0 bridgehead atoms. The fourth-order valence-electron chi connectivity index (χ4n) is 2.02. The molecule has 1 unspecified atom stereocenters. The second kappa shape index (κ2) is 7.20. The summed E-state index contributed by atoms with van der Waals surface area (Å²) in [7, 11) is 0. The van der Waals surface area contributed by atoms with Gasteiger partial charge in [0, 0.05) is 24.3 Å². The molecule has 0 saturated heterocycles. The Bertz CT molecular complexity index is 253. The molecule has 0 aromatic rings. The van der Waals surface area contributed by atoms with Crippen molar-refractivity contribution in [2.75, 3.05) is 13.2 Å². The Morgan fingerprint density at radius 3 is 2.71 bits per heavy atom. The van der Waals surface area contributed by atoms with Gasteiger partial charge in [-0.25, -0.2) is 0 Å². The van der Waals surface area contributed by atoms with Crippen LogP contribution in [0, 0.1) is 11.3 Å². The Balaban J connectivity index is 2.41. The van der Waals surface area contributed by atoms with Gasteiger partial charge in [0.15, 0.2) is 5.17 Å². The largest absolute Gasteiger partial charge is 0.396 e. The van der Waals surface area contributed by atoms with Crippen molar-refractivity contribution in [3.8, 4) is 0 Å². The fraction of sp³-hybridized carbons (Fsp3) is 0.909. The second-order valence-electron chi connectivity index (χ2n) is 4.47. The van der Waals surface area contributed by atoms with Crippen molar-refractivity contribution in [2.24, 2.45) is 5.92 Å². The van der Waals surface area contributed by atoms with Crippen molar-refractivity contribution in [2.45, 2.75) is 43.6 Å². The second-order valence-corrected chi connectivity index (χ2v) is 5.78. The Morgan fingerprint density at radius 2 is 2.12 bits per heavy atom. The van der Waals surface area contributed by atoms with Gasteiger partial charge in [-0.05, 0) is 19.3 Å². The van der Waals surface area contributed by atoms with Gasteiger partial charge in [0.05, 0.1) is 12.2 Å². The van der Waals surface area contributed by atoms with E-state index in [2.05, 4.69) is 5.32 Å². The third kappa shape index (κ3) is 4.46. The number of aliphatic hydroxyl groups is 3. The minimum Gasteiger partial charge on any atom is -0.396 e. The molecule has 5 nitrogen and oxygen atoms in total. The summed E-state index contributed by atoms with van der Waals surface area (Å²) >= 11 is 1.38. The summed E-state index contributed by atoms with van der Waals surface area (Å²) in [5.74, 6) is -0.282. The van der Waals surface area contributed by atoms with E-state index in [1.165, 1.54) is 11.8 Å². The van der Waals surface area contributed by atoms with Crippen LogP contribution >= 0.6 is 11.8 Å². The summed E-state index contributed by atoms with van der Waals surface area (Å²) in [6, 6.07) is 0. The number of thioether (sulfide) groups is 1. The highest BCUT2D eigenvalue weighted by Crippen LogP contribution is 2.32. The molecule has 1 aliphatic carbocycles. The van der Waals surface area contributed by atoms with E-state index in [1.807, 2.05) is 6.92 Å². The summed E-state index contributed by atoms with van der Waals surface area (Å²) in [5.41, 5.74) is 0. The quantitative estimate of drug-likeness (QED) is 0.367. The highest BCUT2D eigenvalue weighted by Gasteiger charge is 2.36. The van der Waals surface area contributed by atoms with Crippen molar-refractivity contribution in [1.82, 2.24) is 5.32 Å². The van der Waals surface area contributed by atoms with Crippen LogP contribution in [0.2, 0.25) is 0 Å². The molecule has 0 aromatic carbocycles. The normalized spacial score (nSPS) is 33.4. The minimum absolute atomic E-state index is 0.0856. The topological polar surface area (TPSA) is 96.6 Å². The van der Waals surface area contributed by atoms with Gasteiger partial charge in [-0.15, -0.1) is 0 Å². The average Bonchev–Trinajstić information content (AvgIpc) is 2.31. The molecular formula is C11H22N2O3S. The Kier molecular flexibility index (Phi) is 6.26. The number of nitrogens with one attached hydrogen (secondary N) is 2. The van der Waals surface area contributed by atoms with Crippen LogP contribution in [-0.2, 0) is 0 Å². The van der Waals surface area contributed by atoms with E-state index < -0.39 is 12.2 Å². The van der Waals surface area contributed by atoms with Crippen LogP contribution in [0.15, 0.2) is 0 Å². The first-order valence-electron chi connectivity index (χ1n) is 6.04. The summed E-state index contributed by atoms with van der Waals surface area (Å²) in [6.07, 6.45) is 0.439. The van der Waals surface area contributed by atoms with Crippen molar-refractivity contribution in [1.29, 1.82) is 5.41 Å². The monoisotopic (exact) mass is 262 g/mol. The van der Waals surface area contributed by atoms with E-state index in [9.17, 15) is 10.2 Å². The molecule has 6 heteroatoms. The van der Waals surface area contributed by atoms with Crippen molar-refractivity contribution < 1.29 is 15.3 Å². The van der Waals surface area contributed by atoms with Crippen LogP contribution in [0.3, 0.4) is 0 Å². The molecule has 5 N–H and O–H groups in total. The Labute approximate surface area is 106 Å². The Hall–Kier alpha value is -0.300. The van der Waals surface area contributed by atoms with Crippen molar-refractivity contribution in [3.05, 3.63) is 0 Å². The Morgan fingerprint density at radius 1 is 1.41 bits per heavy atom. The van der Waals surface area contributed by atoms with Crippen LogP contribution < -0.4 is 5.32 Å². The van der Waals surface area contributed by atoms with Crippen LogP contribution in [0.1, 0.15) is 26.2 Å². The smallest absolute Gasteiger partial charge is 0.153 e. The van der Waals surface area contributed by atoms with E-state index in [4.69, 9.17) is 10.5 Å². The van der Waals surface area contributed by atoms with Gasteiger partial charge in [0.1, 0.15) is 0 Å². The lowest BCUT2D eigenvalue weighted by molar-refractivity contribution is -0.0565. The molecule has 4 atom stereocenters. The number of hydrogen-bond acceptors (Lipinski definition) is 5. The first-order valence-corrected chi connectivity index (χ1v) is 6.92. The van der Waals surface area contributed by atoms with Gasteiger partial charge in [-0.2, -0.15) is 0 Å². The molecule has 1 aliphatic rings. The highest BCUT2D eigenvalue weighted by molar-refractivity contribution is 8.14. The molecule has 0 amide bonds. The van der Waals surface area contributed by atoms with Gasteiger partial charge in [-0.3, -0.25) is 5.41 Å². The zero-order valence-electron chi connectivity index (χ0n) is 10.1. The first kappa shape index (κ1) is 14.8. The average molecular weight is 262 g/mol. The maximum Gasteiger partial charge on any atom is 0.153 e. The van der Waals surface area contributed by atoms with E-state index in [0.717, 1.165) is 13.0 Å². The predicted molar refractivity (Wildman–Crippen MR) is 69.2 cm³/mol. The third-order valence-corrected chi connectivity index (χ3v) is 4.10. The zero-order chi connectivity index (χ0) is 12.8. The molecule has 17 heavy (non-hydrogen) atoms. The predicted octanol–water partition coefficient (Wildman–Crippen LogP) is 0.147. The summed E-state index contributed by atoms with van der Waals surface area (Å²) in [5, 5.41) is 39.6. The summed E-state index contributed by atoms with van der Waals surface area (Å²) in [4.78, 5) is 0. The van der Waals surface area contributed by atoms with E-state index in [1.54, 1.807) is 0 Å². The van der Waals surface area contributed by atoms with Crippen molar-refractivity contribution in [3.63, 3.8) is 0 Å². The fourth-order valence-corrected chi connectivity index (χ4v) is 3.18. The zero-order valence-corrected chi connectivity index (χ0v) is 10.9. The van der Waals surface area contributed by atoms with Gasteiger partial charge in [0.2, 0.25) is 0 Å². The highest BCUT2D eigenvalue weighted by atomic mass is 32.2. The van der Waals surface area contributed by atoms with Gasteiger partial charge in [-0.1, -0.05) is 18.7 Å². The molecule has 1 rings (SSSR count). The molecule has 100 valence electrons. The van der Waals surface area contributed by atoms with E-state index in [0.29, 0.717) is 18.0 Å². The number of aliphatic hydroxyl groups excluding tert-OH is 3. The molecule has 1 fully saturated rings. The maximum atomic E-state index is 9.67. The third-order valence-electron chi connectivity index (χ3n) is 3.00.